The van der Waals surface area contributed by atoms with Crippen LogP contribution in [0.25, 0.3) is 17.1 Å². The van der Waals surface area contributed by atoms with Crippen molar-refractivity contribution in [1.29, 1.82) is 0 Å². The first kappa shape index (κ1) is 26.4. The summed E-state index contributed by atoms with van der Waals surface area (Å²) in [4.78, 5) is 13.3. The molecule has 11 heteroatoms. The fourth-order valence-corrected chi connectivity index (χ4v) is 4.58. The zero-order valence-corrected chi connectivity index (χ0v) is 22.6. The summed E-state index contributed by atoms with van der Waals surface area (Å²) in [5.41, 5.74) is 3.49. The van der Waals surface area contributed by atoms with Gasteiger partial charge in [-0.05, 0) is 69.0 Å². The molecule has 0 amide bonds. The van der Waals surface area contributed by atoms with E-state index in [2.05, 4.69) is 36.8 Å². The van der Waals surface area contributed by atoms with E-state index < -0.39 is 0 Å². The molecule has 0 aliphatic rings. The lowest BCUT2D eigenvalue weighted by Gasteiger charge is -2.23. The Balaban J connectivity index is 1.73. The highest BCUT2D eigenvalue weighted by Gasteiger charge is 2.26. The van der Waals surface area contributed by atoms with Gasteiger partial charge >= 0.3 is 0 Å². The molecule has 0 saturated heterocycles. The molecule has 0 fully saturated rings. The van der Waals surface area contributed by atoms with Gasteiger partial charge in [0, 0.05) is 37.0 Å². The van der Waals surface area contributed by atoms with Crippen LogP contribution in [-0.4, -0.2) is 55.8 Å². The van der Waals surface area contributed by atoms with Crippen molar-refractivity contribution in [3.05, 3.63) is 66.0 Å². The summed E-state index contributed by atoms with van der Waals surface area (Å²) in [6.45, 7) is 8.49. The van der Waals surface area contributed by atoms with Crippen LogP contribution in [0.15, 0.2) is 49.1 Å². The molecule has 0 bridgehead atoms. The van der Waals surface area contributed by atoms with Gasteiger partial charge in [-0.3, -0.25) is 14.3 Å². The monoisotopic (exact) mass is 521 g/mol. The van der Waals surface area contributed by atoms with Crippen LogP contribution in [0.2, 0.25) is 0 Å². The van der Waals surface area contributed by atoms with Crippen molar-refractivity contribution in [3.8, 4) is 28.6 Å². The summed E-state index contributed by atoms with van der Waals surface area (Å²) in [5, 5.41) is 8.93. The number of methoxy groups -OCH3 is 2. The van der Waals surface area contributed by atoms with Crippen molar-refractivity contribution in [1.82, 2.24) is 29.7 Å². The minimum atomic E-state index is -0.319. The lowest BCUT2D eigenvalue weighted by molar-refractivity contribution is 0.0575. The van der Waals surface area contributed by atoms with E-state index in [4.69, 9.17) is 14.2 Å². The maximum absolute atomic E-state index is 6.02. The van der Waals surface area contributed by atoms with Crippen molar-refractivity contribution >= 4 is 17.9 Å². The number of benzene rings is 1. The fourth-order valence-electron chi connectivity index (χ4n) is 3.83. The Morgan fingerprint density at radius 1 is 0.973 bits per heavy atom. The van der Waals surface area contributed by atoms with E-state index in [-0.39, 0.29) is 11.4 Å². The van der Waals surface area contributed by atoms with Gasteiger partial charge in [0.1, 0.15) is 23.3 Å². The fraction of sp³-hybridized carbons (Fsp3) is 0.346. The number of pyridine rings is 1. The summed E-state index contributed by atoms with van der Waals surface area (Å²) in [7, 11) is 3.24. The van der Waals surface area contributed by atoms with Crippen molar-refractivity contribution in [2.24, 2.45) is 0 Å². The second-order valence-electron chi connectivity index (χ2n) is 8.36. The Hall–Kier alpha value is -3.70. The molecule has 2 unspecified atom stereocenters. The molecule has 194 valence electrons. The second-order valence-corrected chi connectivity index (χ2v) is 9.55. The largest absolute Gasteiger partial charge is 0.494 e. The summed E-state index contributed by atoms with van der Waals surface area (Å²) in [6, 6.07) is 7.62. The molecule has 4 rings (SSSR count). The van der Waals surface area contributed by atoms with E-state index in [0.29, 0.717) is 41.4 Å². The summed E-state index contributed by atoms with van der Waals surface area (Å²) in [5.74, 6) is 2.95. The minimum absolute atomic E-state index is 0.0588. The second kappa shape index (κ2) is 12.0. The average Bonchev–Trinajstić information content (AvgIpc) is 3.34. The van der Waals surface area contributed by atoms with Crippen LogP contribution in [0, 0.1) is 13.8 Å². The molecule has 1 aromatic carbocycles. The first-order valence-corrected chi connectivity index (χ1v) is 12.7. The molecule has 1 N–H and O–H groups in total. The van der Waals surface area contributed by atoms with Gasteiger partial charge < -0.3 is 14.2 Å². The van der Waals surface area contributed by atoms with Crippen molar-refractivity contribution < 1.29 is 14.2 Å². The maximum atomic E-state index is 6.02. The molecule has 37 heavy (non-hydrogen) atoms. The number of ether oxygens (including phenoxy) is 3. The quantitative estimate of drug-likeness (QED) is 0.271. The predicted octanol–water partition coefficient (Wildman–Crippen LogP) is 4.98. The molecule has 0 spiro atoms. The number of anilines is 1. The van der Waals surface area contributed by atoms with Crippen LogP contribution < -0.4 is 14.2 Å². The molecule has 0 radical (unpaired) electrons. The molecule has 2 atom stereocenters. The first-order chi connectivity index (χ1) is 18.0. The Morgan fingerprint density at radius 2 is 1.68 bits per heavy atom. The van der Waals surface area contributed by atoms with Crippen LogP contribution in [0.4, 0.5) is 5.95 Å². The van der Waals surface area contributed by atoms with Gasteiger partial charge in [-0.2, -0.15) is 0 Å². The normalized spacial score (nSPS) is 12.7. The third-order valence-electron chi connectivity index (χ3n) is 5.59. The van der Waals surface area contributed by atoms with E-state index in [1.54, 1.807) is 39.0 Å². The van der Waals surface area contributed by atoms with Crippen molar-refractivity contribution in [2.45, 2.75) is 39.0 Å². The van der Waals surface area contributed by atoms with Crippen LogP contribution in [0.3, 0.4) is 0 Å². The van der Waals surface area contributed by atoms with Crippen LogP contribution >= 0.6 is 11.9 Å². The Bertz CT molecular complexity index is 1310. The standard InChI is InChI=1S/C26H31N7O3S/c1-7-36-23(24-28-13-17(3)14-29-24)18(4)37-32-26-31-30-25(19-11-16(2)12-27-15-19)33(26)22-20(34-5)9-8-10-21(22)35-6/h8-15,18,23H,7H2,1-6H3,(H,31,32). The number of nitrogens with zero attached hydrogens (tertiary/aromatic N) is 6. The van der Waals surface area contributed by atoms with Gasteiger partial charge in [-0.1, -0.05) is 6.07 Å². The molecule has 10 nitrogen and oxygen atoms in total. The van der Waals surface area contributed by atoms with Crippen LogP contribution in [0.1, 0.15) is 36.9 Å². The molecular formula is C26H31N7O3S. The minimum Gasteiger partial charge on any atom is -0.494 e. The van der Waals surface area contributed by atoms with Crippen molar-refractivity contribution in [3.63, 3.8) is 0 Å². The number of aryl methyl sites for hydroxylation is 2. The first-order valence-electron chi connectivity index (χ1n) is 11.9. The zero-order valence-electron chi connectivity index (χ0n) is 21.8. The maximum Gasteiger partial charge on any atom is 0.239 e. The number of hydrogen-bond acceptors (Lipinski definition) is 10. The van der Waals surface area contributed by atoms with Crippen molar-refractivity contribution in [2.75, 3.05) is 25.5 Å². The molecule has 0 saturated carbocycles. The Labute approximate surface area is 221 Å². The van der Waals surface area contributed by atoms with Crippen LogP contribution in [-0.2, 0) is 4.74 Å². The van der Waals surface area contributed by atoms with E-state index in [1.165, 1.54) is 11.9 Å². The number of hydrogen-bond donors (Lipinski definition) is 1. The smallest absolute Gasteiger partial charge is 0.239 e. The lowest BCUT2D eigenvalue weighted by Crippen LogP contribution is -2.20. The van der Waals surface area contributed by atoms with E-state index in [0.717, 1.165) is 16.7 Å². The molecule has 4 aromatic rings. The molecule has 0 aliphatic heterocycles. The number of para-hydroxylation sites is 1. The summed E-state index contributed by atoms with van der Waals surface area (Å²) < 4.78 is 22.7. The molecule has 3 aromatic heterocycles. The highest BCUT2D eigenvalue weighted by molar-refractivity contribution is 8.01. The van der Waals surface area contributed by atoms with Gasteiger partial charge in [0.15, 0.2) is 11.6 Å². The average molecular weight is 522 g/mol. The van der Waals surface area contributed by atoms with Gasteiger partial charge in [0.25, 0.3) is 0 Å². The Kier molecular flexibility index (Phi) is 8.57. The summed E-state index contributed by atoms with van der Waals surface area (Å²) >= 11 is 1.45. The molecule has 0 aliphatic carbocycles. The number of rotatable bonds is 11. The third kappa shape index (κ3) is 5.83. The predicted molar refractivity (Wildman–Crippen MR) is 144 cm³/mol. The van der Waals surface area contributed by atoms with Gasteiger partial charge in [0.2, 0.25) is 5.95 Å². The number of aromatic nitrogens is 6. The molecule has 3 heterocycles. The van der Waals surface area contributed by atoms with Gasteiger partial charge in [0.05, 0.1) is 19.5 Å². The Morgan fingerprint density at radius 3 is 2.30 bits per heavy atom. The van der Waals surface area contributed by atoms with E-state index in [9.17, 15) is 0 Å². The zero-order chi connectivity index (χ0) is 26.4. The highest BCUT2D eigenvalue weighted by Crippen LogP contribution is 2.38. The van der Waals surface area contributed by atoms with Crippen LogP contribution in [0.5, 0.6) is 11.5 Å². The topological polar surface area (TPSA) is 109 Å². The highest BCUT2D eigenvalue weighted by atomic mass is 32.2. The SMILES string of the molecule is CCOC(c1ncc(C)cn1)C(C)SNc1nnc(-c2cncc(C)c2)n1-c1c(OC)cccc1OC. The third-order valence-corrected chi connectivity index (χ3v) is 6.51. The van der Waals surface area contributed by atoms with E-state index >= 15 is 0 Å². The lowest BCUT2D eigenvalue weighted by atomic mass is 10.2. The van der Waals surface area contributed by atoms with E-state index in [1.807, 2.05) is 49.6 Å². The number of nitrogens with one attached hydrogen (secondary N) is 1. The summed E-state index contributed by atoms with van der Waals surface area (Å²) in [6.07, 6.45) is 6.83. The molecular weight excluding hydrogens is 490 g/mol. The van der Waals surface area contributed by atoms with Gasteiger partial charge in [-0.15, -0.1) is 10.2 Å². The van der Waals surface area contributed by atoms with Gasteiger partial charge in [-0.25, -0.2) is 9.97 Å².